The van der Waals surface area contributed by atoms with Crippen molar-refractivity contribution in [3.8, 4) is 0 Å². The third-order valence-corrected chi connectivity index (χ3v) is 4.92. The predicted octanol–water partition coefficient (Wildman–Crippen LogP) is 4.42. The molecule has 0 spiro atoms. The van der Waals surface area contributed by atoms with Gasteiger partial charge in [-0.2, -0.15) is 0 Å². The van der Waals surface area contributed by atoms with Gasteiger partial charge in [0, 0.05) is 0 Å². The van der Waals surface area contributed by atoms with E-state index in [-0.39, 0.29) is 11.9 Å². The summed E-state index contributed by atoms with van der Waals surface area (Å²) in [6.07, 6.45) is 16.9. The van der Waals surface area contributed by atoms with E-state index in [9.17, 15) is 9.90 Å². The standard InChI is InChI=1S/C20H42N2O2/c1-3-4-5-6-7-8-9-10-11-12-13-15-19(24)16-14-17-20(21,22)18(2)23/h19,24H,3-17,21-22H2,1-2H3. The van der Waals surface area contributed by atoms with E-state index in [1.807, 2.05) is 0 Å². The van der Waals surface area contributed by atoms with E-state index in [4.69, 9.17) is 11.5 Å². The zero-order valence-corrected chi connectivity index (χ0v) is 16.2. The number of Topliss-reactive ketones (excluding diaryl/α,β-unsaturated/α-hetero) is 1. The van der Waals surface area contributed by atoms with E-state index in [2.05, 4.69) is 6.92 Å². The molecule has 0 aliphatic carbocycles. The molecule has 4 heteroatoms. The van der Waals surface area contributed by atoms with Crippen molar-refractivity contribution in [3.63, 3.8) is 0 Å². The fourth-order valence-electron chi connectivity index (χ4n) is 2.99. The molecule has 1 unspecified atom stereocenters. The van der Waals surface area contributed by atoms with Crippen LogP contribution in [0.2, 0.25) is 0 Å². The maximum absolute atomic E-state index is 11.2. The zero-order valence-electron chi connectivity index (χ0n) is 16.2. The second-order valence-electron chi connectivity index (χ2n) is 7.47. The lowest BCUT2D eigenvalue weighted by atomic mass is 9.97. The molecule has 0 aromatic heterocycles. The minimum absolute atomic E-state index is 0.192. The van der Waals surface area contributed by atoms with Crippen LogP contribution in [0.25, 0.3) is 0 Å². The van der Waals surface area contributed by atoms with Crippen LogP contribution in [0.15, 0.2) is 0 Å². The molecule has 0 rings (SSSR count). The Bertz CT molecular complexity index is 306. The average molecular weight is 343 g/mol. The number of ketones is 1. The van der Waals surface area contributed by atoms with E-state index in [1.165, 1.54) is 71.1 Å². The highest BCUT2D eigenvalue weighted by atomic mass is 16.3. The Labute approximate surface area is 149 Å². The average Bonchev–Trinajstić information content (AvgIpc) is 2.52. The van der Waals surface area contributed by atoms with Gasteiger partial charge in [-0.1, -0.05) is 77.6 Å². The Hall–Kier alpha value is -0.450. The van der Waals surface area contributed by atoms with Gasteiger partial charge in [-0.15, -0.1) is 0 Å². The SMILES string of the molecule is CCCCCCCCCCCCCC(O)CCCC(N)(N)C(C)=O. The Balaban J connectivity index is 3.35. The first-order chi connectivity index (χ1) is 11.4. The van der Waals surface area contributed by atoms with Gasteiger partial charge in [-0.25, -0.2) is 0 Å². The van der Waals surface area contributed by atoms with Crippen molar-refractivity contribution < 1.29 is 9.90 Å². The molecule has 0 radical (unpaired) electrons. The number of hydrogen-bond acceptors (Lipinski definition) is 4. The lowest BCUT2D eigenvalue weighted by Crippen LogP contribution is -2.55. The summed E-state index contributed by atoms with van der Waals surface area (Å²) in [4.78, 5) is 11.2. The summed E-state index contributed by atoms with van der Waals surface area (Å²) >= 11 is 0. The summed E-state index contributed by atoms with van der Waals surface area (Å²) in [7, 11) is 0. The molecule has 0 aromatic rings. The summed E-state index contributed by atoms with van der Waals surface area (Å²) in [5, 5.41) is 9.96. The molecule has 0 bridgehead atoms. The molecule has 5 N–H and O–H groups in total. The fraction of sp³-hybridized carbons (Fsp3) is 0.950. The van der Waals surface area contributed by atoms with E-state index in [0.29, 0.717) is 19.3 Å². The quantitative estimate of drug-likeness (QED) is 0.269. The molecule has 1 atom stereocenters. The number of nitrogens with two attached hydrogens (primary N) is 2. The first-order valence-corrected chi connectivity index (χ1v) is 10.2. The Morgan fingerprint density at radius 2 is 1.25 bits per heavy atom. The number of carbonyl (C=O) groups is 1. The zero-order chi connectivity index (χ0) is 18.3. The van der Waals surface area contributed by atoms with Gasteiger partial charge in [0.05, 0.1) is 6.10 Å². The molecular formula is C20H42N2O2. The number of rotatable bonds is 17. The molecule has 0 amide bonds. The summed E-state index contributed by atoms with van der Waals surface area (Å²) in [6, 6.07) is 0. The van der Waals surface area contributed by atoms with Crippen LogP contribution in [0.5, 0.6) is 0 Å². The highest BCUT2D eigenvalue weighted by Crippen LogP contribution is 2.15. The van der Waals surface area contributed by atoms with Crippen LogP contribution in [0.3, 0.4) is 0 Å². The second-order valence-corrected chi connectivity index (χ2v) is 7.47. The molecule has 0 heterocycles. The van der Waals surface area contributed by atoms with Gasteiger partial charge in [-0.05, 0) is 32.6 Å². The molecule has 24 heavy (non-hydrogen) atoms. The van der Waals surface area contributed by atoms with Gasteiger partial charge in [-0.3, -0.25) is 4.79 Å². The van der Waals surface area contributed by atoms with Crippen molar-refractivity contribution in [1.82, 2.24) is 0 Å². The predicted molar refractivity (Wildman–Crippen MR) is 103 cm³/mol. The van der Waals surface area contributed by atoms with E-state index in [0.717, 1.165) is 12.8 Å². The van der Waals surface area contributed by atoms with Gasteiger partial charge in [0.25, 0.3) is 0 Å². The Kier molecular flexibility index (Phi) is 14.6. The molecule has 0 aliphatic heterocycles. The van der Waals surface area contributed by atoms with Crippen molar-refractivity contribution >= 4 is 5.78 Å². The van der Waals surface area contributed by atoms with Gasteiger partial charge in [0.2, 0.25) is 0 Å². The van der Waals surface area contributed by atoms with Crippen molar-refractivity contribution in [3.05, 3.63) is 0 Å². The molecule has 0 aliphatic rings. The highest BCUT2D eigenvalue weighted by molar-refractivity contribution is 5.84. The summed E-state index contributed by atoms with van der Waals surface area (Å²) in [6.45, 7) is 3.67. The Morgan fingerprint density at radius 3 is 1.71 bits per heavy atom. The minimum Gasteiger partial charge on any atom is -0.393 e. The fourth-order valence-corrected chi connectivity index (χ4v) is 2.99. The van der Waals surface area contributed by atoms with E-state index in [1.54, 1.807) is 0 Å². The van der Waals surface area contributed by atoms with Crippen molar-refractivity contribution in [2.45, 2.75) is 122 Å². The third kappa shape index (κ3) is 13.9. The maximum atomic E-state index is 11.2. The Morgan fingerprint density at radius 1 is 0.833 bits per heavy atom. The van der Waals surface area contributed by atoms with Crippen molar-refractivity contribution in [1.29, 1.82) is 0 Å². The lowest BCUT2D eigenvalue weighted by Gasteiger charge is -2.21. The number of hydrogen-bond donors (Lipinski definition) is 3. The van der Waals surface area contributed by atoms with E-state index >= 15 is 0 Å². The van der Waals surface area contributed by atoms with Crippen LogP contribution >= 0.6 is 0 Å². The molecule has 144 valence electrons. The molecule has 0 fully saturated rings. The van der Waals surface area contributed by atoms with Gasteiger partial charge in [0.1, 0.15) is 5.66 Å². The van der Waals surface area contributed by atoms with Crippen LogP contribution in [-0.2, 0) is 4.79 Å². The topological polar surface area (TPSA) is 89.3 Å². The molecular weight excluding hydrogens is 300 g/mol. The molecule has 0 saturated carbocycles. The van der Waals surface area contributed by atoms with Crippen LogP contribution in [0.1, 0.15) is 110 Å². The lowest BCUT2D eigenvalue weighted by molar-refractivity contribution is -0.122. The normalized spacial score (nSPS) is 13.2. The number of aliphatic hydroxyl groups is 1. The smallest absolute Gasteiger partial charge is 0.163 e. The van der Waals surface area contributed by atoms with Crippen LogP contribution < -0.4 is 11.5 Å². The van der Waals surface area contributed by atoms with E-state index < -0.39 is 5.66 Å². The number of aliphatic hydroxyl groups excluding tert-OH is 1. The summed E-state index contributed by atoms with van der Waals surface area (Å²) < 4.78 is 0. The van der Waals surface area contributed by atoms with Gasteiger partial charge >= 0.3 is 0 Å². The minimum atomic E-state index is -1.23. The molecule has 0 aromatic carbocycles. The van der Waals surface area contributed by atoms with Crippen molar-refractivity contribution in [2.75, 3.05) is 0 Å². The maximum Gasteiger partial charge on any atom is 0.163 e. The highest BCUT2D eigenvalue weighted by Gasteiger charge is 2.24. The molecule has 4 nitrogen and oxygen atoms in total. The van der Waals surface area contributed by atoms with Crippen LogP contribution in [0, 0.1) is 0 Å². The van der Waals surface area contributed by atoms with Gasteiger partial charge in [0.15, 0.2) is 5.78 Å². The molecule has 0 saturated heterocycles. The number of unbranched alkanes of at least 4 members (excludes halogenated alkanes) is 10. The van der Waals surface area contributed by atoms with Crippen LogP contribution in [-0.4, -0.2) is 22.7 Å². The monoisotopic (exact) mass is 342 g/mol. The van der Waals surface area contributed by atoms with Crippen LogP contribution in [0.4, 0.5) is 0 Å². The van der Waals surface area contributed by atoms with Crippen molar-refractivity contribution in [2.24, 2.45) is 11.5 Å². The second kappa shape index (κ2) is 14.9. The first kappa shape index (κ1) is 23.5. The number of carbonyl (C=O) groups excluding carboxylic acids is 1. The third-order valence-electron chi connectivity index (χ3n) is 4.92. The van der Waals surface area contributed by atoms with Gasteiger partial charge < -0.3 is 16.6 Å². The largest absolute Gasteiger partial charge is 0.393 e. The summed E-state index contributed by atoms with van der Waals surface area (Å²) in [5.74, 6) is -0.192. The summed E-state index contributed by atoms with van der Waals surface area (Å²) in [5.41, 5.74) is 10.2. The first-order valence-electron chi connectivity index (χ1n) is 10.2.